The standard InChI is InChI=1S/C4H6O5S/c5-10(6)8-3-1-7-2-4(3)9-10/h3-4H,1-2H2/t3-,4-/m0/s1. The molecule has 2 rings (SSSR count). The predicted molar refractivity (Wildman–Crippen MR) is 29.5 cm³/mol. The van der Waals surface area contributed by atoms with Gasteiger partial charge in [0.2, 0.25) is 0 Å². The molecule has 2 atom stereocenters. The third-order valence-electron chi connectivity index (χ3n) is 1.46. The summed E-state index contributed by atoms with van der Waals surface area (Å²) < 4.78 is 35.0. The van der Waals surface area contributed by atoms with Crippen LogP contribution < -0.4 is 0 Å². The monoisotopic (exact) mass is 166 g/mol. The lowest BCUT2D eigenvalue weighted by Crippen LogP contribution is -2.18. The Morgan fingerprint density at radius 1 is 1.10 bits per heavy atom. The van der Waals surface area contributed by atoms with Gasteiger partial charge in [-0.25, -0.2) is 8.37 Å². The van der Waals surface area contributed by atoms with Crippen LogP contribution in [-0.4, -0.2) is 33.8 Å². The lowest BCUT2D eigenvalue weighted by atomic mass is 10.3. The van der Waals surface area contributed by atoms with Gasteiger partial charge in [0.15, 0.2) is 0 Å². The van der Waals surface area contributed by atoms with E-state index in [9.17, 15) is 8.42 Å². The molecule has 0 radical (unpaired) electrons. The van der Waals surface area contributed by atoms with Crippen molar-refractivity contribution in [3.05, 3.63) is 0 Å². The van der Waals surface area contributed by atoms with Gasteiger partial charge < -0.3 is 4.74 Å². The van der Waals surface area contributed by atoms with Gasteiger partial charge in [-0.1, -0.05) is 0 Å². The maximum atomic E-state index is 10.5. The highest BCUT2D eigenvalue weighted by Gasteiger charge is 2.44. The van der Waals surface area contributed by atoms with Crippen LogP contribution >= 0.6 is 0 Å². The van der Waals surface area contributed by atoms with E-state index in [4.69, 9.17) is 4.74 Å². The second-order valence-corrected chi connectivity index (χ2v) is 3.42. The summed E-state index contributed by atoms with van der Waals surface area (Å²) in [5.41, 5.74) is 0. The largest absolute Gasteiger partial charge is 0.400 e. The Morgan fingerprint density at radius 3 is 2.10 bits per heavy atom. The molecule has 2 heterocycles. The first-order valence-electron chi connectivity index (χ1n) is 2.87. The molecule has 0 unspecified atom stereocenters. The number of rotatable bonds is 0. The molecule has 6 heteroatoms. The Balaban J connectivity index is 2.21. The molecule has 2 aliphatic rings. The van der Waals surface area contributed by atoms with Gasteiger partial charge in [0.1, 0.15) is 12.2 Å². The quantitative estimate of drug-likeness (QED) is 0.464. The van der Waals surface area contributed by atoms with E-state index in [-0.39, 0.29) is 0 Å². The summed E-state index contributed by atoms with van der Waals surface area (Å²) >= 11 is 0. The van der Waals surface area contributed by atoms with Crippen molar-refractivity contribution in [2.24, 2.45) is 0 Å². The minimum Gasteiger partial charge on any atom is -0.376 e. The highest BCUT2D eigenvalue weighted by atomic mass is 32.3. The first-order chi connectivity index (χ1) is 4.67. The topological polar surface area (TPSA) is 61.8 Å². The highest BCUT2D eigenvalue weighted by molar-refractivity contribution is 7.82. The van der Waals surface area contributed by atoms with E-state index in [1.807, 2.05) is 0 Å². The van der Waals surface area contributed by atoms with Gasteiger partial charge in [0.05, 0.1) is 13.2 Å². The number of hydrogen-bond acceptors (Lipinski definition) is 5. The minimum atomic E-state index is -3.69. The van der Waals surface area contributed by atoms with Crippen LogP contribution in [0.5, 0.6) is 0 Å². The summed E-state index contributed by atoms with van der Waals surface area (Å²) in [5.74, 6) is 0. The average Bonchev–Trinajstić information content (AvgIpc) is 2.20. The maximum absolute atomic E-state index is 10.5. The molecule has 0 aromatic carbocycles. The van der Waals surface area contributed by atoms with Crippen LogP contribution in [0.3, 0.4) is 0 Å². The molecule has 2 saturated heterocycles. The van der Waals surface area contributed by atoms with E-state index in [0.717, 1.165) is 0 Å². The van der Waals surface area contributed by atoms with Crippen LogP contribution in [0.2, 0.25) is 0 Å². The zero-order valence-electron chi connectivity index (χ0n) is 5.02. The van der Waals surface area contributed by atoms with E-state index in [1.54, 1.807) is 0 Å². The van der Waals surface area contributed by atoms with E-state index in [0.29, 0.717) is 13.2 Å². The van der Waals surface area contributed by atoms with Gasteiger partial charge in [-0.15, -0.1) is 0 Å². The first kappa shape index (κ1) is 6.53. The Hall–Kier alpha value is -0.170. The third-order valence-corrected chi connectivity index (χ3v) is 2.43. The van der Waals surface area contributed by atoms with Crippen molar-refractivity contribution in [3.63, 3.8) is 0 Å². The molecule has 0 aliphatic carbocycles. The van der Waals surface area contributed by atoms with Gasteiger partial charge in [0, 0.05) is 0 Å². The van der Waals surface area contributed by atoms with Crippen molar-refractivity contribution >= 4 is 10.4 Å². The Labute approximate surface area is 58.2 Å². The molecule has 0 aromatic heterocycles. The fourth-order valence-electron chi connectivity index (χ4n) is 1.02. The van der Waals surface area contributed by atoms with Gasteiger partial charge in [-0.2, -0.15) is 8.42 Å². The van der Waals surface area contributed by atoms with Crippen molar-refractivity contribution in [2.45, 2.75) is 12.2 Å². The zero-order chi connectivity index (χ0) is 7.19. The first-order valence-corrected chi connectivity index (χ1v) is 4.20. The molecule has 0 saturated carbocycles. The summed E-state index contributed by atoms with van der Waals surface area (Å²) in [7, 11) is -3.69. The van der Waals surface area contributed by atoms with Crippen LogP contribution in [0.1, 0.15) is 0 Å². The molecule has 2 fully saturated rings. The van der Waals surface area contributed by atoms with Crippen molar-refractivity contribution < 1.29 is 21.5 Å². The Bertz CT molecular complexity index is 214. The fraction of sp³-hybridized carbons (Fsp3) is 1.00. The van der Waals surface area contributed by atoms with Crippen molar-refractivity contribution in [1.29, 1.82) is 0 Å². The van der Waals surface area contributed by atoms with Crippen molar-refractivity contribution in [3.8, 4) is 0 Å². The molecule has 0 amide bonds. The number of fused-ring (bicyclic) bond motifs is 1. The van der Waals surface area contributed by atoms with E-state index in [2.05, 4.69) is 8.37 Å². The summed E-state index contributed by atoms with van der Waals surface area (Å²) in [6.07, 6.45) is -0.824. The summed E-state index contributed by atoms with van der Waals surface area (Å²) in [5, 5.41) is 0. The van der Waals surface area contributed by atoms with Crippen LogP contribution in [0.15, 0.2) is 0 Å². The molecule has 0 bridgehead atoms. The second kappa shape index (κ2) is 1.91. The lowest BCUT2D eigenvalue weighted by Gasteiger charge is -1.95. The SMILES string of the molecule is O=S1(=O)O[C@H]2COC[C@@H]2O1. The van der Waals surface area contributed by atoms with E-state index >= 15 is 0 Å². The molecule has 0 aromatic rings. The third kappa shape index (κ3) is 0.929. The summed E-state index contributed by atoms with van der Waals surface area (Å²) in [4.78, 5) is 0. The number of ether oxygens (including phenoxy) is 1. The molecular weight excluding hydrogens is 160 g/mol. The van der Waals surface area contributed by atoms with E-state index < -0.39 is 22.6 Å². The van der Waals surface area contributed by atoms with Gasteiger partial charge in [-0.05, 0) is 0 Å². The molecule has 58 valence electrons. The Morgan fingerprint density at radius 2 is 1.60 bits per heavy atom. The van der Waals surface area contributed by atoms with Crippen molar-refractivity contribution in [1.82, 2.24) is 0 Å². The van der Waals surface area contributed by atoms with Crippen molar-refractivity contribution in [2.75, 3.05) is 13.2 Å². The summed E-state index contributed by atoms with van der Waals surface area (Å²) in [6, 6.07) is 0. The predicted octanol–water partition coefficient (Wildman–Crippen LogP) is -0.955. The second-order valence-electron chi connectivity index (χ2n) is 2.22. The molecule has 0 spiro atoms. The number of hydrogen-bond donors (Lipinski definition) is 0. The lowest BCUT2D eigenvalue weighted by molar-refractivity contribution is 0.134. The Kier molecular flexibility index (Phi) is 1.25. The van der Waals surface area contributed by atoms with Gasteiger partial charge in [0.25, 0.3) is 0 Å². The minimum absolute atomic E-state index is 0.309. The van der Waals surface area contributed by atoms with E-state index in [1.165, 1.54) is 0 Å². The highest BCUT2D eigenvalue weighted by Crippen LogP contribution is 2.25. The smallest absolute Gasteiger partial charge is 0.376 e. The zero-order valence-corrected chi connectivity index (χ0v) is 5.83. The molecule has 10 heavy (non-hydrogen) atoms. The van der Waals surface area contributed by atoms with Crippen LogP contribution in [0, 0.1) is 0 Å². The average molecular weight is 166 g/mol. The molecular formula is C4H6O5S. The van der Waals surface area contributed by atoms with Crippen LogP contribution in [0.4, 0.5) is 0 Å². The molecule has 0 N–H and O–H groups in total. The normalized spacial score (nSPS) is 43.6. The fourth-order valence-corrected chi connectivity index (χ4v) is 2.03. The molecule has 5 nitrogen and oxygen atoms in total. The maximum Gasteiger partial charge on any atom is 0.400 e. The summed E-state index contributed by atoms with van der Waals surface area (Å²) in [6.45, 7) is 0.619. The van der Waals surface area contributed by atoms with Crippen LogP contribution in [-0.2, 0) is 23.5 Å². The van der Waals surface area contributed by atoms with Gasteiger partial charge in [-0.3, -0.25) is 0 Å². The van der Waals surface area contributed by atoms with Gasteiger partial charge >= 0.3 is 10.4 Å². The molecule has 2 aliphatic heterocycles. The van der Waals surface area contributed by atoms with Crippen LogP contribution in [0.25, 0.3) is 0 Å².